The number of hydrogen-bond donors (Lipinski definition) is 2. The summed E-state index contributed by atoms with van der Waals surface area (Å²) in [7, 11) is 2.55. The lowest BCUT2D eigenvalue weighted by atomic mass is 10.3. The first-order valence-corrected chi connectivity index (χ1v) is 4.23. The van der Waals surface area contributed by atoms with Crippen molar-refractivity contribution >= 4 is 21.6 Å². The van der Waals surface area contributed by atoms with E-state index < -0.39 is 0 Å². The Morgan fingerprint density at radius 2 is 2.00 bits per heavy atom. The summed E-state index contributed by atoms with van der Waals surface area (Å²) in [6.45, 7) is 0. The van der Waals surface area contributed by atoms with E-state index in [1.54, 1.807) is 30.5 Å². The Bertz CT molecular complexity index is 278. The summed E-state index contributed by atoms with van der Waals surface area (Å²) in [4.78, 5) is 10.2. The molecule has 0 saturated carbocycles. The predicted octanol–water partition coefficient (Wildman–Crippen LogP) is 0.545. The zero-order chi connectivity index (χ0) is 10.3. The van der Waals surface area contributed by atoms with E-state index >= 15 is 0 Å². The molecule has 0 aliphatic carbocycles. The highest BCUT2D eigenvalue weighted by Crippen LogP contribution is 2.21. The third-order valence-corrected chi connectivity index (χ3v) is 1.68. The monoisotopic (exact) mass is 248 g/mol. The molecule has 13 heavy (non-hydrogen) atoms. The van der Waals surface area contributed by atoms with E-state index in [0.717, 1.165) is 11.6 Å². The van der Waals surface area contributed by atoms with Gasteiger partial charge in [-0.05, 0) is 6.07 Å². The molecule has 0 aromatic heterocycles. The average Bonchev–Trinajstić information content (AvgIpc) is 2.20. The average molecular weight is 249 g/mol. The molecule has 4 nitrogen and oxygen atoms in total. The summed E-state index contributed by atoms with van der Waals surface area (Å²) in [5, 5.41) is 8.78. The molecule has 0 fully saturated rings. The number of hydrogen-bond acceptors (Lipinski definition) is 3. The van der Waals surface area contributed by atoms with Crippen LogP contribution >= 0.6 is 15.9 Å². The van der Waals surface area contributed by atoms with Crippen LogP contribution in [-0.4, -0.2) is 19.3 Å². The van der Waals surface area contributed by atoms with Gasteiger partial charge in [-0.3, -0.25) is 0 Å². The minimum absolute atomic E-state index is 0.483. The summed E-state index contributed by atoms with van der Waals surface area (Å²) in [6, 6.07) is 5.08. The van der Waals surface area contributed by atoms with Crippen molar-refractivity contribution in [2.24, 2.45) is 0 Å². The van der Waals surface area contributed by atoms with Crippen molar-refractivity contribution in [3.63, 3.8) is 0 Å². The Hall–Kier alpha value is -0.940. The normalized spacial score (nSPS) is 8.31. The minimum atomic E-state index is 0.483. The summed E-state index contributed by atoms with van der Waals surface area (Å²) in [5.41, 5.74) is 0.483. The zero-order valence-corrected chi connectivity index (χ0v) is 8.96. The van der Waals surface area contributed by atoms with Crippen LogP contribution in [0.5, 0.6) is 5.75 Å². The standard InChI is InChI=1S/C7H6BrNO2.CH4O/c1-11-7-3-5(8)2-6(4-7)9-10;1-2/h2-4H,1H3;2H,1H3/p+1. The van der Waals surface area contributed by atoms with Crippen molar-refractivity contribution in [3.05, 3.63) is 27.6 Å². The molecule has 0 saturated heterocycles. The molecule has 0 unspecified atom stereocenters. The largest absolute Gasteiger partial charge is 0.496 e. The molecule has 5 heteroatoms. The quantitative estimate of drug-likeness (QED) is 0.804. The van der Waals surface area contributed by atoms with Crippen LogP contribution in [0.25, 0.3) is 0 Å². The molecule has 1 aromatic rings. The van der Waals surface area contributed by atoms with Gasteiger partial charge in [0.2, 0.25) is 0 Å². The Morgan fingerprint density at radius 3 is 2.46 bits per heavy atom. The lowest BCUT2D eigenvalue weighted by Gasteiger charge is -1.97. The second-order valence-electron chi connectivity index (χ2n) is 1.98. The minimum Gasteiger partial charge on any atom is -0.496 e. The molecule has 1 aromatic carbocycles. The fourth-order valence-electron chi connectivity index (χ4n) is 0.739. The summed E-state index contributed by atoms with van der Waals surface area (Å²) in [5.74, 6) is 0.651. The van der Waals surface area contributed by atoms with Crippen molar-refractivity contribution in [2.75, 3.05) is 14.2 Å². The molecular formula is C8H11BrNO3+. The van der Waals surface area contributed by atoms with Gasteiger partial charge in [0.1, 0.15) is 5.75 Å². The molecule has 0 amide bonds. The zero-order valence-electron chi connectivity index (χ0n) is 7.37. The summed E-state index contributed by atoms with van der Waals surface area (Å²) < 4.78 is 5.74. The van der Waals surface area contributed by atoms with Gasteiger partial charge in [-0.25, -0.2) is 0 Å². The SMILES string of the molecule is CO.COc1cc(Br)cc([NH+]=O)c1. The molecule has 0 radical (unpaired) electrons. The van der Waals surface area contributed by atoms with Crippen LogP contribution in [0.15, 0.2) is 22.7 Å². The van der Waals surface area contributed by atoms with Crippen LogP contribution in [-0.2, 0) is 0 Å². The molecule has 2 N–H and O–H groups in total. The van der Waals surface area contributed by atoms with Gasteiger partial charge in [0.15, 0.2) is 0 Å². The van der Waals surface area contributed by atoms with E-state index in [9.17, 15) is 4.91 Å². The third kappa shape index (κ3) is 4.00. The molecule has 0 atom stereocenters. The molecular weight excluding hydrogens is 238 g/mol. The Labute approximate surface area is 84.6 Å². The van der Waals surface area contributed by atoms with Gasteiger partial charge in [0, 0.05) is 27.7 Å². The maximum Gasteiger partial charge on any atom is 0.258 e. The topological polar surface area (TPSA) is 60.5 Å². The number of benzene rings is 1. The number of rotatable bonds is 2. The lowest BCUT2D eigenvalue weighted by molar-refractivity contribution is -0.379. The van der Waals surface area contributed by atoms with Crippen molar-refractivity contribution in [2.45, 2.75) is 0 Å². The molecule has 1 rings (SSSR count). The van der Waals surface area contributed by atoms with Gasteiger partial charge in [0.25, 0.3) is 5.69 Å². The number of aliphatic hydroxyl groups is 1. The van der Waals surface area contributed by atoms with E-state index in [4.69, 9.17) is 9.84 Å². The maximum absolute atomic E-state index is 10.2. The van der Waals surface area contributed by atoms with Crippen molar-refractivity contribution in [1.82, 2.24) is 0 Å². The molecule has 72 valence electrons. The number of nitroso groups, excluding NO2 is 1. The third-order valence-electron chi connectivity index (χ3n) is 1.22. The van der Waals surface area contributed by atoms with E-state index in [0.29, 0.717) is 11.4 Å². The Balaban J connectivity index is 0.000000671. The number of methoxy groups -OCH3 is 1. The maximum atomic E-state index is 10.2. The van der Waals surface area contributed by atoms with Crippen LogP contribution in [0.3, 0.4) is 0 Å². The second-order valence-corrected chi connectivity index (χ2v) is 2.90. The molecule has 0 bridgehead atoms. The van der Waals surface area contributed by atoms with E-state index in [1.165, 1.54) is 0 Å². The summed E-state index contributed by atoms with van der Waals surface area (Å²) in [6.07, 6.45) is 0. The molecule has 0 aliphatic rings. The first-order valence-electron chi connectivity index (χ1n) is 3.43. The van der Waals surface area contributed by atoms with Gasteiger partial charge in [-0.15, -0.1) is 0 Å². The fraction of sp³-hybridized carbons (Fsp3) is 0.250. The van der Waals surface area contributed by atoms with E-state index in [1.807, 2.05) is 0 Å². The van der Waals surface area contributed by atoms with Crippen LogP contribution in [0.4, 0.5) is 5.69 Å². The molecule has 0 heterocycles. The molecule has 0 spiro atoms. The van der Waals surface area contributed by atoms with Gasteiger partial charge in [-0.1, -0.05) is 15.9 Å². The van der Waals surface area contributed by atoms with Crippen LogP contribution in [0.1, 0.15) is 0 Å². The van der Waals surface area contributed by atoms with Gasteiger partial charge >= 0.3 is 0 Å². The number of halogens is 1. The van der Waals surface area contributed by atoms with Crippen LogP contribution < -0.4 is 9.91 Å². The Kier molecular flexibility index (Phi) is 6.09. The van der Waals surface area contributed by atoms with Crippen LogP contribution in [0.2, 0.25) is 0 Å². The van der Waals surface area contributed by atoms with Crippen molar-refractivity contribution in [1.29, 1.82) is 0 Å². The highest BCUT2D eigenvalue weighted by molar-refractivity contribution is 9.10. The van der Waals surface area contributed by atoms with Gasteiger partial charge < -0.3 is 9.84 Å². The van der Waals surface area contributed by atoms with Crippen molar-refractivity contribution in [3.8, 4) is 5.75 Å². The van der Waals surface area contributed by atoms with Gasteiger partial charge in [0.05, 0.1) is 13.2 Å². The van der Waals surface area contributed by atoms with Gasteiger partial charge in [-0.2, -0.15) is 0 Å². The number of aliphatic hydroxyl groups excluding tert-OH is 1. The van der Waals surface area contributed by atoms with Crippen LogP contribution in [0, 0.1) is 4.91 Å². The Morgan fingerprint density at radius 1 is 1.38 bits per heavy atom. The smallest absolute Gasteiger partial charge is 0.258 e. The number of ether oxygens (including phenoxy) is 1. The second kappa shape index (κ2) is 6.56. The summed E-state index contributed by atoms with van der Waals surface area (Å²) >= 11 is 3.24. The molecule has 0 aliphatic heterocycles. The van der Waals surface area contributed by atoms with E-state index in [-0.39, 0.29) is 0 Å². The predicted molar refractivity (Wildman–Crippen MR) is 52.8 cm³/mol. The first-order chi connectivity index (χ1) is 6.26. The highest BCUT2D eigenvalue weighted by Gasteiger charge is 2.02. The van der Waals surface area contributed by atoms with Crippen molar-refractivity contribution < 1.29 is 15.0 Å². The lowest BCUT2D eigenvalue weighted by Crippen LogP contribution is -2.55. The fourth-order valence-corrected chi connectivity index (χ4v) is 1.21. The highest BCUT2D eigenvalue weighted by atomic mass is 79.9. The number of nitrogens with one attached hydrogen (secondary N) is 1. The first kappa shape index (κ1) is 12.1. The van der Waals surface area contributed by atoms with E-state index in [2.05, 4.69) is 15.9 Å².